The lowest BCUT2D eigenvalue weighted by molar-refractivity contribution is -0.203. The summed E-state index contributed by atoms with van der Waals surface area (Å²) in [6, 6.07) is 6.77. The zero-order valence-electron chi connectivity index (χ0n) is 28.5. The Morgan fingerprint density at radius 2 is 1.61 bits per heavy atom. The molecule has 3 N–H and O–H groups in total. The second-order valence-electron chi connectivity index (χ2n) is 16.2. The maximum absolute atomic E-state index is 13.0. The van der Waals surface area contributed by atoms with E-state index in [-0.39, 0.29) is 52.3 Å². The van der Waals surface area contributed by atoms with E-state index in [1.165, 1.54) is 12.8 Å². The van der Waals surface area contributed by atoms with Gasteiger partial charge in [-0.1, -0.05) is 47.0 Å². The SMILES string of the molecule is CC[C@H]1[C@@H](O)[C@@H]2[C@H](CC[C@]3(C)[C@@H]([C@H](C)COC(=O)NS(=O)(=O)c4ccc(N5CCCCCC5)cc4)CC[C@@H]23)[C@@]2(C)CC[C@@H](O)C[C@@H]12. The fraction of sp³-hybridized carbons (Fsp3) is 0.811. The topological polar surface area (TPSA) is 116 Å². The molecule has 1 aliphatic heterocycles. The number of benzene rings is 1. The number of carbonyl (C=O) groups is 1. The van der Waals surface area contributed by atoms with E-state index in [2.05, 4.69) is 37.3 Å². The molecule has 0 spiro atoms. The summed E-state index contributed by atoms with van der Waals surface area (Å²) < 4.78 is 33.8. The van der Waals surface area contributed by atoms with Crippen LogP contribution in [0.15, 0.2) is 29.2 Å². The molecule has 46 heavy (non-hydrogen) atoms. The molecular formula is C37H58N2O6S. The second kappa shape index (κ2) is 13.2. The molecule has 1 amide bonds. The molecular weight excluding hydrogens is 600 g/mol. The third-order valence-electron chi connectivity index (χ3n) is 14.0. The van der Waals surface area contributed by atoms with Crippen LogP contribution in [0.1, 0.15) is 105 Å². The fourth-order valence-corrected chi connectivity index (χ4v) is 12.5. The minimum atomic E-state index is -4.05. The first-order valence-electron chi connectivity index (χ1n) is 18.3. The van der Waals surface area contributed by atoms with Crippen molar-refractivity contribution < 1.29 is 28.2 Å². The van der Waals surface area contributed by atoms with Crippen LogP contribution in [0.5, 0.6) is 0 Å². The van der Waals surface area contributed by atoms with Crippen molar-refractivity contribution in [2.24, 2.45) is 52.3 Å². The number of hydrogen-bond donors (Lipinski definition) is 3. The number of amides is 1. The van der Waals surface area contributed by atoms with Crippen molar-refractivity contribution in [3.05, 3.63) is 24.3 Å². The molecule has 1 heterocycles. The first-order valence-corrected chi connectivity index (χ1v) is 19.8. The monoisotopic (exact) mass is 658 g/mol. The van der Waals surface area contributed by atoms with Crippen molar-refractivity contribution in [2.75, 3.05) is 24.6 Å². The Morgan fingerprint density at radius 1 is 0.957 bits per heavy atom. The van der Waals surface area contributed by atoms with Gasteiger partial charge in [-0.15, -0.1) is 0 Å². The number of sulfonamides is 1. The number of anilines is 1. The van der Waals surface area contributed by atoms with Crippen molar-refractivity contribution >= 4 is 21.8 Å². The summed E-state index contributed by atoms with van der Waals surface area (Å²) in [5.41, 5.74) is 1.21. The number of aliphatic hydroxyl groups excluding tert-OH is 2. The standard InChI is InChI=1S/C37H58N2O6S/c1-5-28-32-22-26(40)16-18-37(32,4)31-17-19-36(3)29(14-15-30(36)33(31)34(28)41)24(2)23-45-35(42)38-46(43,44)27-12-10-25(11-13-27)39-20-8-6-7-9-21-39/h10-13,24,26,28-34,40-41H,5-9,14-23H2,1-4H3,(H,38,42)/t24-,26-,28-,29-,30+,31+,32+,33+,34-,36-,37-/m1/s1. The number of carbonyl (C=O) groups excluding carboxylic acids is 1. The van der Waals surface area contributed by atoms with Crippen molar-refractivity contribution in [3.8, 4) is 0 Å². The molecule has 4 aliphatic carbocycles. The van der Waals surface area contributed by atoms with E-state index >= 15 is 0 Å². The second-order valence-corrected chi connectivity index (χ2v) is 17.9. The van der Waals surface area contributed by atoms with E-state index in [4.69, 9.17) is 4.74 Å². The summed E-state index contributed by atoms with van der Waals surface area (Å²) in [4.78, 5) is 15.1. The molecule has 5 fully saturated rings. The maximum atomic E-state index is 13.0. The minimum absolute atomic E-state index is 0.0399. The Balaban J connectivity index is 1.07. The Kier molecular flexibility index (Phi) is 9.79. The molecule has 6 rings (SSSR count). The van der Waals surface area contributed by atoms with Gasteiger partial charge in [0.2, 0.25) is 0 Å². The lowest BCUT2D eigenvalue weighted by Gasteiger charge is -2.64. The van der Waals surface area contributed by atoms with Crippen molar-refractivity contribution in [2.45, 2.75) is 122 Å². The van der Waals surface area contributed by atoms with E-state index in [9.17, 15) is 23.4 Å². The molecule has 0 radical (unpaired) electrons. The Hall–Kier alpha value is -1.84. The van der Waals surface area contributed by atoms with Gasteiger partial charge in [0.1, 0.15) is 0 Å². The highest BCUT2D eigenvalue weighted by Crippen LogP contribution is 2.69. The minimum Gasteiger partial charge on any atom is -0.449 e. The summed E-state index contributed by atoms with van der Waals surface area (Å²) in [5.74, 6) is 2.15. The maximum Gasteiger partial charge on any atom is 0.421 e. The molecule has 0 bridgehead atoms. The largest absolute Gasteiger partial charge is 0.449 e. The van der Waals surface area contributed by atoms with Crippen molar-refractivity contribution in [3.63, 3.8) is 0 Å². The number of rotatable bonds is 7. The molecule has 11 atom stereocenters. The summed E-state index contributed by atoms with van der Waals surface area (Å²) in [7, 11) is -4.05. The molecule has 0 aromatic heterocycles. The van der Waals surface area contributed by atoms with Gasteiger partial charge in [-0.05, 0) is 134 Å². The van der Waals surface area contributed by atoms with Gasteiger partial charge in [0.05, 0.1) is 23.7 Å². The number of hydrogen-bond acceptors (Lipinski definition) is 7. The first-order chi connectivity index (χ1) is 21.9. The molecule has 1 saturated heterocycles. The van der Waals surface area contributed by atoms with Crippen LogP contribution in [-0.4, -0.2) is 56.6 Å². The van der Waals surface area contributed by atoms with E-state index in [1.807, 2.05) is 12.1 Å². The lowest BCUT2D eigenvalue weighted by atomic mass is 9.41. The number of fused-ring (bicyclic) bond motifs is 5. The molecule has 1 aromatic rings. The molecule has 0 unspecified atom stereocenters. The molecule has 4 saturated carbocycles. The molecule has 1 aromatic carbocycles. The van der Waals surface area contributed by atoms with Crippen molar-refractivity contribution in [1.29, 1.82) is 0 Å². The quantitative estimate of drug-likeness (QED) is 0.297. The van der Waals surface area contributed by atoms with Gasteiger partial charge in [-0.2, -0.15) is 0 Å². The molecule has 5 aliphatic rings. The summed E-state index contributed by atoms with van der Waals surface area (Å²) >= 11 is 0. The van der Waals surface area contributed by atoms with Crippen LogP contribution in [0.25, 0.3) is 0 Å². The third-order valence-corrected chi connectivity index (χ3v) is 15.3. The Morgan fingerprint density at radius 3 is 2.28 bits per heavy atom. The van der Waals surface area contributed by atoms with Crippen LogP contribution in [0, 0.1) is 52.3 Å². The van der Waals surface area contributed by atoms with Gasteiger partial charge in [-0.25, -0.2) is 17.9 Å². The Bertz CT molecular complexity index is 1330. The zero-order valence-corrected chi connectivity index (χ0v) is 29.3. The number of nitrogens with zero attached hydrogens (tertiary/aromatic N) is 1. The Labute approximate surface area is 277 Å². The summed E-state index contributed by atoms with van der Waals surface area (Å²) in [5, 5.41) is 22.5. The fourth-order valence-electron chi connectivity index (χ4n) is 11.6. The number of nitrogens with one attached hydrogen (secondary N) is 1. The van der Waals surface area contributed by atoms with Gasteiger partial charge in [0.25, 0.3) is 10.0 Å². The lowest BCUT2D eigenvalue weighted by Crippen LogP contribution is -2.62. The van der Waals surface area contributed by atoms with Gasteiger partial charge in [0, 0.05) is 18.8 Å². The number of aliphatic hydroxyl groups is 2. The number of ether oxygens (including phenoxy) is 1. The zero-order chi connectivity index (χ0) is 32.9. The van der Waals surface area contributed by atoms with Crippen LogP contribution < -0.4 is 9.62 Å². The highest BCUT2D eigenvalue weighted by Gasteiger charge is 2.65. The van der Waals surface area contributed by atoms with Gasteiger partial charge in [-0.3, -0.25) is 0 Å². The van der Waals surface area contributed by atoms with Crippen LogP contribution in [0.2, 0.25) is 0 Å². The third kappa shape index (κ3) is 6.11. The first kappa shape index (κ1) is 34.0. The van der Waals surface area contributed by atoms with Gasteiger partial charge >= 0.3 is 6.09 Å². The summed E-state index contributed by atoms with van der Waals surface area (Å²) in [6.45, 7) is 11.3. The van der Waals surface area contributed by atoms with E-state index in [0.717, 1.165) is 83.0 Å². The normalized spacial score (nSPS) is 40.2. The molecule has 258 valence electrons. The van der Waals surface area contributed by atoms with E-state index in [1.54, 1.807) is 12.1 Å². The predicted octanol–water partition coefficient (Wildman–Crippen LogP) is 6.74. The average Bonchev–Trinajstić information content (AvgIpc) is 3.18. The summed E-state index contributed by atoms with van der Waals surface area (Å²) in [6.07, 6.45) is 11.1. The van der Waals surface area contributed by atoms with Crippen LogP contribution >= 0.6 is 0 Å². The molecule has 8 nitrogen and oxygen atoms in total. The van der Waals surface area contributed by atoms with Gasteiger partial charge < -0.3 is 19.8 Å². The smallest absolute Gasteiger partial charge is 0.421 e. The van der Waals surface area contributed by atoms with E-state index in [0.29, 0.717) is 23.7 Å². The van der Waals surface area contributed by atoms with Crippen LogP contribution in [0.3, 0.4) is 0 Å². The highest BCUT2D eigenvalue weighted by molar-refractivity contribution is 7.90. The van der Waals surface area contributed by atoms with E-state index < -0.39 is 16.1 Å². The average molecular weight is 659 g/mol. The predicted molar refractivity (Wildman–Crippen MR) is 180 cm³/mol. The highest BCUT2D eigenvalue weighted by atomic mass is 32.2. The van der Waals surface area contributed by atoms with Crippen LogP contribution in [-0.2, 0) is 14.8 Å². The molecule has 9 heteroatoms. The van der Waals surface area contributed by atoms with Crippen molar-refractivity contribution in [1.82, 2.24) is 4.72 Å². The van der Waals surface area contributed by atoms with Gasteiger partial charge in [0.15, 0.2) is 0 Å². The van der Waals surface area contributed by atoms with Crippen LogP contribution in [0.4, 0.5) is 10.5 Å².